The quantitative estimate of drug-likeness (QED) is 0.280. The molecule has 1 heterocycles. The lowest BCUT2D eigenvalue weighted by atomic mass is 10.9. The molecule has 0 saturated carbocycles. The minimum absolute atomic E-state index is 0.937. The van der Waals surface area contributed by atoms with Crippen molar-refractivity contribution in [3.63, 3.8) is 0 Å². The lowest BCUT2D eigenvalue weighted by Crippen LogP contribution is -2.38. The number of rotatable bonds is 0. The Morgan fingerprint density at radius 2 is 1.21 bits per heavy atom. The van der Waals surface area contributed by atoms with Crippen molar-refractivity contribution in [2.75, 3.05) is 0 Å². The number of aromatic nitrogens is 2. The topological polar surface area (TPSA) is 225 Å². The van der Waals surface area contributed by atoms with E-state index in [1.165, 1.54) is 0 Å². The summed E-state index contributed by atoms with van der Waals surface area (Å²) < 4.78 is 0. The molecule has 106 valence electrons. The van der Waals surface area contributed by atoms with E-state index in [-0.39, 0.29) is 0 Å². The van der Waals surface area contributed by atoms with Crippen LogP contribution in [0.15, 0.2) is 18.7 Å². The molecule has 0 aliphatic heterocycles. The molecule has 0 fully saturated rings. The average Bonchev–Trinajstić information content (AvgIpc) is 2.70. The van der Waals surface area contributed by atoms with Crippen molar-refractivity contribution in [1.82, 2.24) is 20.6 Å². The summed E-state index contributed by atoms with van der Waals surface area (Å²) in [5.41, 5.74) is 17.8. The predicted octanol–water partition coefficient (Wildman–Crippen LogP) is -2.12. The summed E-state index contributed by atoms with van der Waals surface area (Å²) in [5.74, 6) is 0. The summed E-state index contributed by atoms with van der Waals surface area (Å²) in [4.78, 5) is 44.9. The van der Waals surface area contributed by atoms with Gasteiger partial charge in [0.05, 0.1) is 6.33 Å². The molecule has 0 atom stereocenters. The molecular formula is C7H14N8O4. The smallest absolute Gasteiger partial charge is 0.320 e. The predicted molar refractivity (Wildman–Crippen MR) is 63.2 cm³/mol. The molecule has 12 heteroatoms. The monoisotopic (exact) mass is 274 g/mol. The van der Waals surface area contributed by atoms with Gasteiger partial charge in [0.1, 0.15) is 0 Å². The summed E-state index contributed by atoms with van der Waals surface area (Å²) in [6.07, 6.45) is 5.08. The van der Waals surface area contributed by atoms with Crippen LogP contribution >= 0.6 is 0 Å². The molecule has 8 amide bonds. The fraction of sp³-hybridized carbons (Fsp3) is 0. The van der Waals surface area contributed by atoms with Crippen molar-refractivity contribution >= 4 is 24.1 Å². The van der Waals surface area contributed by atoms with Crippen LogP contribution in [-0.2, 0) is 0 Å². The highest BCUT2D eigenvalue weighted by Gasteiger charge is 1.92. The molecule has 1 aromatic heterocycles. The van der Waals surface area contributed by atoms with Crippen molar-refractivity contribution in [1.29, 1.82) is 0 Å². The SMILES string of the molecule is NC(=O)NC(N)=O.NC(=O)NC(N)=O.c1c[nH]cn1. The van der Waals surface area contributed by atoms with Crippen LogP contribution in [0.4, 0.5) is 19.2 Å². The number of urea groups is 4. The Kier molecular flexibility index (Phi) is 10.6. The van der Waals surface area contributed by atoms with Gasteiger partial charge in [-0.3, -0.25) is 10.6 Å². The Morgan fingerprint density at radius 3 is 1.26 bits per heavy atom. The van der Waals surface area contributed by atoms with E-state index in [2.05, 4.69) is 32.9 Å². The van der Waals surface area contributed by atoms with Crippen LogP contribution in [0.2, 0.25) is 0 Å². The van der Waals surface area contributed by atoms with E-state index < -0.39 is 24.1 Å². The van der Waals surface area contributed by atoms with E-state index >= 15 is 0 Å². The zero-order chi connectivity index (χ0) is 15.3. The molecule has 0 unspecified atom stereocenters. The second-order valence-corrected chi connectivity index (χ2v) is 2.47. The number of carbonyl (C=O) groups is 4. The molecule has 12 nitrogen and oxygen atoms in total. The van der Waals surface area contributed by atoms with Crippen LogP contribution in [0.5, 0.6) is 0 Å². The Morgan fingerprint density at radius 1 is 0.842 bits per heavy atom. The first kappa shape index (κ1) is 18.1. The molecule has 1 aromatic rings. The van der Waals surface area contributed by atoms with Gasteiger partial charge < -0.3 is 27.9 Å². The standard InChI is InChI=1S/C3H4N2.2C2H5N3O2/c1-2-5-3-4-1;2*3-1(6)5-2(4)7/h1-3H,(H,4,5);2*(H5,3,4,5,6,7). The van der Waals surface area contributed by atoms with Gasteiger partial charge in [0.25, 0.3) is 0 Å². The third-order valence-corrected chi connectivity index (χ3v) is 0.899. The van der Waals surface area contributed by atoms with Crippen LogP contribution in [0, 0.1) is 0 Å². The van der Waals surface area contributed by atoms with Gasteiger partial charge in [-0.25, -0.2) is 24.2 Å². The molecule has 19 heavy (non-hydrogen) atoms. The minimum Gasteiger partial charge on any atom is -0.351 e. The summed E-state index contributed by atoms with van der Waals surface area (Å²) >= 11 is 0. The average molecular weight is 274 g/mol. The Bertz CT molecular complexity index is 336. The van der Waals surface area contributed by atoms with Crippen LogP contribution in [0.3, 0.4) is 0 Å². The van der Waals surface area contributed by atoms with Gasteiger partial charge in [-0.2, -0.15) is 0 Å². The minimum atomic E-state index is -0.938. The zero-order valence-corrected chi connectivity index (χ0v) is 9.62. The maximum Gasteiger partial charge on any atom is 0.320 e. The van der Waals surface area contributed by atoms with Crippen LogP contribution in [0.1, 0.15) is 0 Å². The maximum atomic E-state index is 9.62. The number of hydrogen-bond donors (Lipinski definition) is 7. The molecule has 1 rings (SSSR count). The van der Waals surface area contributed by atoms with Crippen LogP contribution in [0.25, 0.3) is 0 Å². The highest BCUT2D eigenvalue weighted by molar-refractivity contribution is 5.91. The highest BCUT2D eigenvalue weighted by Crippen LogP contribution is 1.62. The lowest BCUT2D eigenvalue weighted by Gasteiger charge is -1.88. The first-order chi connectivity index (χ1) is 8.75. The van der Waals surface area contributed by atoms with Gasteiger partial charge in [-0.15, -0.1) is 0 Å². The molecule has 0 aliphatic carbocycles. The van der Waals surface area contributed by atoms with E-state index in [0.717, 1.165) is 0 Å². The van der Waals surface area contributed by atoms with Crippen molar-refractivity contribution in [3.8, 4) is 0 Å². The van der Waals surface area contributed by atoms with Gasteiger partial charge >= 0.3 is 24.1 Å². The highest BCUT2D eigenvalue weighted by atomic mass is 16.2. The molecule has 11 N–H and O–H groups in total. The number of aromatic amines is 1. The van der Waals surface area contributed by atoms with Gasteiger partial charge in [0.2, 0.25) is 0 Å². The Balaban J connectivity index is 0. The van der Waals surface area contributed by atoms with E-state index in [0.29, 0.717) is 0 Å². The fourth-order valence-corrected chi connectivity index (χ4v) is 0.458. The summed E-state index contributed by atoms with van der Waals surface area (Å²) in [6.45, 7) is 0. The lowest BCUT2D eigenvalue weighted by molar-refractivity contribution is 0.235. The Labute approximate surface area is 106 Å². The van der Waals surface area contributed by atoms with E-state index in [9.17, 15) is 19.2 Å². The molecule has 0 radical (unpaired) electrons. The van der Waals surface area contributed by atoms with Gasteiger partial charge in [-0.1, -0.05) is 0 Å². The number of imide groups is 2. The second kappa shape index (κ2) is 11.2. The van der Waals surface area contributed by atoms with Crippen LogP contribution < -0.4 is 33.6 Å². The van der Waals surface area contributed by atoms with Crippen molar-refractivity contribution in [3.05, 3.63) is 18.7 Å². The molecule has 0 spiro atoms. The van der Waals surface area contributed by atoms with Crippen molar-refractivity contribution in [2.24, 2.45) is 22.9 Å². The summed E-state index contributed by atoms with van der Waals surface area (Å²) in [6, 6.07) is -3.75. The number of nitrogens with one attached hydrogen (secondary N) is 3. The normalized spacial score (nSPS) is 7.58. The number of hydrogen-bond acceptors (Lipinski definition) is 5. The van der Waals surface area contributed by atoms with E-state index in [1.54, 1.807) is 29.4 Å². The summed E-state index contributed by atoms with van der Waals surface area (Å²) in [5, 5.41) is 3.17. The number of amides is 8. The maximum absolute atomic E-state index is 9.62. The molecule has 0 saturated heterocycles. The number of nitrogens with zero attached hydrogens (tertiary/aromatic N) is 1. The summed E-state index contributed by atoms with van der Waals surface area (Å²) in [7, 11) is 0. The van der Waals surface area contributed by atoms with Gasteiger partial charge in [0, 0.05) is 12.4 Å². The fourth-order valence-electron chi connectivity index (χ4n) is 0.458. The number of H-pyrrole nitrogens is 1. The molecule has 0 bridgehead atoms. The second-order valence-electron chi connectivity index (χ2n) is 2.47. The third-order valence-electron chi connectivity index (χ3n) is 0.899. The molecule has 0 aromatic carbocycles. The first-order valence-electron chi connectivity index (χ1n) is 4.40. The largest absolute Gasteiger partial charge is 0.351 e. The zero-order valence-electron chi connectivity index (χ0n) is 9.62. The Hall–Kier alpha value is -3.31. The van der Waals surface area contributed by atoms with Gasteiger partial charge in [0.15, 0.2) is 0 Å². The van der Waals surface area contributed by atoms with Crippen molar-refractivity contribution in [2.45, 2.75) is 0 Å². The van der Waals surface area contributed by atoms with Gasteiger partial charge in [-0.05, 0) is 0 Å². The van der Waals surface area contributed by atoms with Crippen molar-refractivity contribution < 1.29 is 19.2 Å². The number of carbonyl (C=O) groups excluding carboxylic acids is 4. The molecular weight excluding hydrogens is 260 g/mol. The molecule has 0 aliphatic rings. The van der Waals surface area contributed by atoms with Crippen LogP contribution in [-0.4, -0.2) is 34.1 Å². The first-order valence-corrected chi connectivity index (χ1v) is 4.40. The van der Waals surface area contributed by atoms with E-state index in [1.807, 2.05) is 0 Å². The number of primary amides is 4. The number of imidazole rings is 1. The van der Waals surface area contributed by atoms with E-state index in [4.69, 9.17) is 0 Å². The third kappa shape index (κ3) is 25.2. The number of nitrogens with two attached hydrogens (primary N) is 4.